The number of ether oxygens (including phenoxy) is 1. The second-order valence-electron chi connectivity index (χ2n) is 6.43. The summed E-state index contributed by atoms with van der Waals surface area (Å²) in [5, 5.41) is 9.24. The van der Waals surface area contributed by atoms with Crippen LogP contribution in [0.5, 0.6) is 5.75 Å². The molecule has 0 spiro atoms. The van der Waals surface area contributed by atoms with Crippen LogP contribution in [-0.2, 0) is 0 Å². The van der Waals surface area contributed by atoms with Gasteiger partial charge >= 0.3 is 5.97 Å². The Bertz CT molecular complexity index is 692. The number of carbonyl (C=O) groups is 1. The van der Waals surface area contributed by atoms with E-state index in [9.17, 15) is 9.90 Å². The van der Waals surface area contributed by atoms with Crippen molar-refractivity contribution in [1.29, 1.82) is 0 Å². The first-order chi connectivity index (χ1) is 12.7. The third kappa shape index (κ3) is 6.40. The molecule has 2 aromatic carbocycles. The average Bonchev–Trinajstić information content (AvgIpc) is 2.67. The Morgan fingerprint density at radius 3 is 2.35 bits per heavy atom. The third-order valence-corrected chi connectivity index (χ3v) is 4.37. The van der Waals surface area contributed by atoms with E-state index in [0.29, 0.717) is 12.4 Å². The van der Waals surface area contributed by atoms with Crippen LogP contribution in [0.1, 0.15) is 55.3 Å². The van der Waals surface area contributed by atoms with Crippen LogP contribution >= 0.6 is 0 Å². The largest absolute Gasteiger partial charge is 0.493 e. The molecule has 2 aromatic rings. The Kier molecular flexibility index (Phi) is 8.47. The van der Waals surface area contributed by atoms with Crippen molar-refractivity contribution in [2.24, 2.45) is 0 Å². The number of aromatic carboxylic acids is 1. The van der Waals surface area contributed by atoms with Gasteiger partial charge in [0, 0.05) is 5.56 Å². The van der Waals surface area contributed by atoms with Gasteiger partial charge in [-0.05, 0) is 43.0 Å². The van der Waals surface area contributed by atoms with Crippen molar-refractivity contribution in [3.8, 4) is 16.9 Å². The Labute approximate surface area is 156 Å². The van der Waals surface area contributed by atoms with Crippen LogP contribution in [0.2, 0.25) is 0 Å². The van der Waals surface area contributed by atoms with Crippen LogP contribution in [0.15, 0.2) is 61.2 Å². The maximum atomic E-state index is 11.3. The Morgan fingerprint density at radius 1 is 0.962 bits per heavy atom. The Morgan fingerprint density at radius 2 is 1.65 bits per heavy atom. The molecule has 0 saturated carbocycles. The quantitative estimate of drug-likeness (QED) is 0.358. The average molecular weight is 352 g/mol. The highest BCUT2D eigenvalue weighted by atomic mass is 16.5. The number of allylic oxidation sites excluding steroid dienone is 1. The molecular weight excluding hydrogens is 324 g/mol. The predicted molar refractivity (Wildman–Crippen MR) is 107 cm³/mol. The summed E-state index contributed by atoms with van der Waals surface area (Å²) in [6.45, 7) is 4.35. The summed E-state index contributed by atoms with van der Waals surface area (Å²) < 4.78 is 5.95. The van der Waals surface area contributed by atoms with Gasteiger partial charge in [-0.15, -0.1) is 6.58 Å². The molecule has 0 fully saturated rings. The molecule has 0 radical (unpaired) electrons. The van der Waals surface area contributed by atoms with Crippen LogP contribution < -0.4 is 4.74 Å². The van der Waals surface area contributed by atoms with E-state index in [1.807, 2.05) is 42.5 Å². The molecule has 3 heteroatoms. The van der Waals surface area contributed by atoms with Gasteiger partial charge in [0.2, 0.25) is 0 Å². The van der Waals surface area contributed by atoms with Gasteiger partial charge in [0.05, 0.1) is 12.2 Å². The first-order valence-electron chi connectivity index (χ1n) is 9.39. The van der Waals surface area contributed by atoms with Crippen LogP contribution in [0.4, 0.5) is 0 Å². The maximum Gasteiger partial charge on any atom is 0.335 e. The van der Waals surface area contributed by atoms with Crippen LogP contribution in [-0.4, -0.2) is 17.7 Å². The van der Waals surface area contributed by atoms with E-state index < -0.39 is 5.97 Å². The summed E-state index contributed by atoms with van der Waals surface area (Å²) in [4.78, 5) is 11.3. The summed E-state index contributed by atoms with van der Waals surface area (Å²) in [5.41, 5.74) is 2.21. The molecule has 2 rings (SSSR count). The fourth-order valence-electron chi connectivity index (χ4n) is 2.91. The van der Waals surface area contributed by atoms with E-state index in [2.05, 4.69) is 6.58 Å². The van der Waals surface area contributed by atoms with Gasteiger partial charge in [0.25, 0.3) is 0 Å². The van der Waals surface area contributed by atoms with Gasteiger partial charge in [-0.25, -0.2) is 4.79 Å². The van der Waals surface area contributed by atoms with Gasteiger partial charge in [-0.2, -0.15) is 0 Å². The number of rotatable bonds is 12. The minimum Gasteiger partial charge on any atom is -0.493 e. The van der Waals surface area contributed by atoms with Crippen LogP contribution in [0.3, 0.4) is 0 Å². The molecule has 0 aromatic heterocycles. The zero-order valence-electron chi connectivity index (χ0n) is 15.3. The van der Waals surface area contributed by atoms with E-state index >= 15 is 0 Å². The molecule has 0 atom stereocenters. The Balaban J connectivity index is 1.89. The zero-order valence-corrected chi connectivity index (χ0v) is 15.3. The maximum absolute atomic E-state index is 11.3. The number of benzene rings is 2. The lowest BCUT2D eigenvalue weighted by atomic mass is 10.0. The minimum atomic E-state index is -0.936. The monoisotopic (exact) mass is 352 g/mol. The normalized spacial score (nSPS) is 10.5. The van der Waals surface area contributed by atoms with Crippen molar-refractivity contribution in [2.45, 2.75) is 44.9 Å². The zero-order chi connectivity index (χ0) is 18.6. The first kappa shape index (κ1) is 19.8. The molecule has 0 bridgehead atoms. The SMILES string of the molecule is C=CCCCCCCCCOc1cc(C(=O)O)ccc1-c1ccccc1. The third-order valence-electron chi connectivity index (χ3n) is 4.37. The topological polar surface area (TPSA) is 46.5 Å². The van der Waals surface area contributed by atoms with E-state index in [1.165, 1.54) is 25.7 Å². The standard InChI is InChI=1S/C23H28O3/c1-2-3-4-5-6-7-8-12-17-26-22-18-20(23(24)25)15-16-21(22)19-13-10-9-11-14-19/h2,9-11,13-16,18H,1,3-8,12,17H2,(H,24,25). The lowest BCUT2D eigenvalue weighted by Gasteiger charge is -2.13. The van der Waals surface area contributed by atoms with Crippen LogP contribution in [0.25, 0.3) is 11.1 Å². The highest BCUT2D eigenvalue weighted by Crippen LogP contribution is 2.31. The fraction of sp³-hybridized carbons (Fsp3) is 0.348. The van der Waals surface area contributed by atoms with Crippen molar-refractivity contribution in [3.63, 3.8) is 0 Å². The van der Waals surface area contributed by atoms with Gasteiger partial charge in [-0.1, -0.05) is 62.1 Å². The second kappa shape index (κ2) is 11.1. The van der Waals surface area contributed by atoms with Crippen molar-refractivity contribution in [3.05, 3.63) is 66.7 Å². The number of carboxylic acids is 1. The molecule has 0 saturated heterocycles. The number of hydrogen-bond acceptors (Lipinski definition) is 2. The van der Waals surface area contributed by atoms with Gasteiger partial charge in [0.15, 0.2) is 0 Å². The van der Waals surface area contributed by atoms with Crippen LogP contribution in [0, 0.1) is 0 Å². The lowest BCUT2D eigenvalue weighted by Crippen LogP contribution is -2.02. The molecule has 0 aliphatic carbocycles. The summed E-state index contributed by atoms with van der Waals surface area (Å²) >= 11 is 0. The molecular formula is C23H28O3. The summed E-state index contributed by atoms with van der Waals surface area (Å²) in [7, 11) is 0. The lowest BCUT2D eigenvalue weighted by molar-refractivity contribution is 0.0696. The molecule has 0 aliphatic heterocycles. The first-order valence-corrected chi connectivity index (χ1v) is 9.39. The van der Waals surface area contributed by atoms with Crippen molar-refractivity contribution in [2.75, 3.05) is 6.61 Å². The van der Waals surface area contributed by atoms with E-state index in [0.717, 1.165) is 30.4 Å². The molecule has 3 nitrogen and oxygen atoms in total. The number of unbranched alkanes of at least 4 members (excludes halogenated alkanes) is 6. The molecule has 0 unspecified atom stereocenters. The molecule has 26 heavy (non-hydrogen) atoms. The van der Waals surface area contributed by atoms with Gasteiger partial charge in [0.1, 0.15) is 5.75 Å². The number of carboxylic acid groups (broad SMARTS) is 1. The second-order valence-corrected chi connectivity index (χ2v) is 6.43. The molecule has 0 amide bonds. The Hall–Kier alpha value is -2.55. The molecule has 0 heterocycles. The highest BCUT2D eigenvalue weighted by Gasteiger charge is 2.11. The number of hydrogen-bond donors (Lipinski definition) is 1. The highest BCUT2D eigenvalue weighted by molar-refractivity contribution is 5.89. The molecule has 138 valence electrons. The fourth-order valence-corrected chi connectivity index (χ4v) is 2.91. The summed E-state index contributed by atoms with van der Waals surface area (Å²) in [6.07, 6.45) is 10.1. The summed E-state index contributed by atoms with van der Waals surface area (Å²) in [6, 6.07) is 15.0. The predicted octanol–water partition coefficient (Wildman–Crippen LogP) is 6.35. The summed E-state index contributed by atoms with van der Waals surface area (Å²) in [5.74, 6) is -0.295. The minimum absolute atomic E-state index is 0.252. The van der Waals surface area contributed by atoms with Crippen molar-refractivity contribution in [1.82, 2.24) is 0 Å². The molecule has 0 aliphatic rings. The van der Waals surface area contributed by atoms with E-state index in [4.69, 9.17) is 4.74 Å². The smallest absolute Gasteiger partial charge is 0.335 e. The van der Waals surface area contributed by atoms with Crippen molar-refractivity contribution >= 4 is 5.97 Å². The van der Waals surface area contributed by atoms with E-state index in [1.54, 1.807) is 12.1 Å². The van der Waals surface area contributed by atoms with Crippen molar-refractivity contribution < 1.29 is 14.6 Å². The molecule has 1 N–H and O–H groups in total. The van der Waals surface area contributed by atoms with Gasteiger partial charge < -0.3 is 9.84 Å². The van der Waals surface area contributed by atoms with Gasteiger partial charge in [-0.3, -0.25) is 0 Å². The van der Waals surface area contributed by atoms with E-state index in [-0.39, 0.29) is 5.56 Å².